The molecule has 0 spiro atoms. The van der Waals surface area contributed by atoms with Crippen molar-refractivity contribution in [2.45, 2.75) is 31.1 Å². The molecule has 0 bridgehead atoms. The Labute approximate surface area is 172 Å². The highest BCUT2D eigenvalue weighted by molar-refractivity contribution is 14.0. The van der Waals surface area contributed by atoms with Crippen molar-refractivity contribution in [3.8, 4) is 0 Å². The van der Waals surface area contributed by atoms with E-state index < -0.39 is 9.84 Å². The lowest BCUT2D eigenvalue weighted by atomic mass is 9.87. The molecule has 0 aromatic heterocycles. The minimum absolute atomic E-state index is 0. The first-order chi connectivity index (χ1) is 11.2. The predicted molar refractivity (Wildman–Crippen MR) is 118 cm³/mol. The normalized spacial score (nSPS) is 16.4. The van der Waals surface area contributed by atoms with Crippen LogP contribution in [0.5, 0.6) is 0 Å². The van der Waals surface area contributed by atoms with Crippen molar-refractivity contribution in [2.24, 2.45) is 10.7 Å². The molecule has 142 valence electrons. The van der Waals surface area contributed by atoms with Crippen LogP contribution in [0.1, 0.15) is 26.3 Å². The van der Waals surface area contributed by atoms with Gasteiger partial charge in [0, 0.05) is 24.6 Å². The van der Waals surface area contributed by atoms with Gasteiger partial charge in [-0.05, 0) is 23.1 Å². The molecule has 0 atom stereocenters. The molecule has 1 aliphatic heterocycles. The summed E-state index contributed by atoms with van der Waals surface area (Å²) in [5.74, 6) is 2.50. The number of hydrogen-bond donors (Lipinski definition) is 1. The van der Waals surface area contributed by atoms with Gasteiger partial charge in [0.05, 0.1) is 17.2 Å². The number of nitrogens with two attached hydrogens (primary N) is 1. The molecule has 1 saturated heterocycles. The first-order valence-corrected chi connectivity index (χ1v) is 11.0. The zero-order chi connectivity index (χ0) is 17.8. The van der Waals surface area contributed by atoms with Gasteiger partial charge in [-0.25, -0.2) is 8.42 Å². The van der Waals surface area contributed by atoms with Gasteiger partial charge in [0.15, 0.2) is 15.8 Å². The summed E-state index contributed by atoms with van der Waals surface area (Å²) in [7, 11) is -3.33. The van der Waals surface area contributed by atoms with Crippen LogP contribution in [0.4, 0.5) is 0 Å². The maximum atomic E-state index is 12.4. The summed E-state index contributed by atoms with van der Waals surface area (Å²) in [6, 6.07) is 7.14. The van der Waals surface area contributed by atoms with Crippen LogP contribution in [-0.2, 0) is 15.3 Å². The molecule has 1 aromatic rings. The topological polar surface area (TPSA) is 75.8 Å². The molecule has 5 nitrogen and oxygen atoms in total. The van der Waals surface area contributed by atoms with Crippen molar-refractivity contribution in [3.05, 3.63) is 29.8 Å². The maximum absolute atomic E-state index is 12.4. The lowest BCUT2D eigenvalue weighted by molar-refractivity contribution is 0.456. The van der Waals surface area contributed by atoms with Crippen LogP contribution in [0.25, 0.3) is 0 Å². The van der Waals surface area contributed by atoms with Crippen molar-refractivity contribution in [2.75, 3.05) is 36.9 Å². The third-order valence-electron chi connectivity index (χ3n) is 4.05. The molecule has 0 aliphatic carbocycles. The van der Waals surface area contributed by atoms with Gasteiger partial charge in [0.2, 0.25) is 0 Å². The van der Waals surface area contributed by atoms with E-state index in [4.69, 9.17) is 5.73 Å². The van der Waals surface area contributed by atoms with E-state index in [-0.39, 0.29) is 41.7 Å². The molecular weight excluding hydrogens is 469 g/mol. The fourth-order valence-electron chi connectivity index (χ4n) is 2.45. The third kappa shape index (κ3) is 6.63. The number of sulfone groups is 1. The molecule has 0 radical (unpaired) electrons. The molecule has 1 aromatic carbocycles. The van der Waals surface area contributed by atoms with Crippen molar-refractivity contribution in [3.63, 3.8) is 0 Å². The fraction of sp³-hybridized carbons (Fsp3) is 0.588. The number of rotatable bonds is 4. The predicted octanol–water partition coefficient (Wildman–Crippen LogP) is 2.74. The number of hydrogen-bond acceptors (Lipinski definition) is 4. The highest BCUT2D eigenvalue weighted by atomic mass is 127. The van der Waals surface area contributed by atoms with E-state index in [9.17, 15) is 8.42 Å². The zero-order valence-electron chi connectivity index (χ0n) is 15.1. The Bertz CT molecular complexity index is 677. The Kier molecular flexibility index (Phi) is 8.53. The molecule has 2 N–H and O–H groups in total. The minimum atomic E-state index is -3.33. The molecule has 1 heterocycles. The maximum Gasteiger partial charge on any atom is 0.191 e. The average molecular weight is 497 g/mol. The molecule has 1 aliphatic rings. The number of benzene rings is 1. The van der Waals surface area contributed by atoms with Crippen LogP contribution >= 0.6 is 35.7 Å². The second-order valence-electron chi connectivity index (χ2n) is 6.93. The van der Waals surface area contributed by atoms with Gasteiger partial charge in [0.25, 0.3) is 0 Å². The first kappa shape index (κ1) is 22.6. The number of thioether (sulfide) groups is 1. The summed E-state index contributed by atoms with van der Waals surface area (Å²) < 4.78 is 24.8. The summed E-state index contributed by atoms with van der Waals surface area (Å²) in [6.07, 6.45) is 0. The smallest absolute Gasteiger partial charge is 0.191 e. The van der Waals surface area contributed by atoms with Crippen LogP contribution < -0.4 is 5.73 Å². The number of nitrogens with zero attached hydrogens (tertiary/aromatic N) is 2. The van der Waals surface area contributed by atoms with E-state index in [2.05, 4.69) is 25.8 Å². The standard InChI is InChI=1S/C17H27N3O2S2.HI/c1-17(2,3)14-4-6-15(7-5-14)24(21,22)13-8-19-16(18)20-9-11-23-12-10-20;/h4-7H,8-13H2,1-3H3,(H2,18,19);1H. The van der Waals surface area contributed by atoms with E-state index in [1.54, 1.807) is 12.1 Å². The summed E-state index contributed by atoms with van der Waals surface area (Å²) in [4.78, 5) is 6.61. The zero-order valence-corrected chi connectivity index (χ0v) is 19.0. The van der Waals surface area contributed by atoms with Crippen molar-refractivity contribution in [1.82, 2.24) is 4.90 Å². The van der Waals surface area contributed by atoms with E-state index in [1.807, 2.05) is 28.8 Å². The van der Waals surface area contributed by atoms with Crippen LogP contribution in [-0.4, -0.2) is 56.2 Å². The van der Waals surface area contributed by atoms with Gasteiger partial charge in [-0.15, -0.1) is 24.0 Å². The Morgan fingerprint density at radius 1 is 1.20 bits per heavy atom. The lowest BCUT2D eigenvalue weighted by Crippen LogP contribution is -2.42. The molecule has 25 heavy (non-hydrogen) atoms. The van der Waals surface area contributed by atoms with Gasteiger partial charge in [0.1, 0.15) is 0 Å². The van der Waals surface area contributed by atoms with Crippen LogP contribution in [0.15, 0.2) is 34.2 Å². The highest BCUT2D eigenvalue weighted by Gasteiger charge is 2.18. The SMILES string of the molecule is CC(C)(C)c1ccc(S(=O)(=O)CCN=C(N)N2CCSCC2)cc1.I. The molecule has 8 heteroatoms. The quantitative estimate of drug-likeness (QED) is 0.394. The van der Waals surface area contributed by atoms with Crippen LogP contribution in [0.3, 0.4) is 0 Å². The van der Waals surface area contributed by atoms with E-state index in [0.29, 0.717) is 10.9 Å². The van der Waals surface area contributed by atoms with Crippen molar-refractivity contribution >= 4 is 51.5 Å². The second-order valence-corrected chi connectivity index (χ2v) is 10.3. The Morgan fingerprint density at radius 3 is 2.28 bits per heavy atom. The van der Waals surface area contributed by atoms with E-state index in [1.165, 1.54) is 0 Å². The van der Waals surface area contributed by atoms with Gasteiger partial charge in [-0.3, -0.25) is 4.99 Å². The van der Waals surface area contributed by atoms with E-state index >= 15 is 0 Å². The summed E-state index contributed by atoms with van der Waals surface area (Å²) >= 11 is 1.90. The Balaban J connectivity index is 0.00000312. The summed E-state index contributed by atoms with van der Waals surface area (Å²) in [5.41, 5.74) is 7.08. The van der Waals surface area contributed by atoms with Crippen molar-refractivity contribution in [1.29, 1.82) is 0 Å². The molecule has 0 amide bonds. The lowest BCUT2D eigenvalue weighted by Gasteiger charge is -2.27. The van der Waals surface area contributed by atoms with Gasteiger partial charge in [-0.2, -0.15) is 11.8 Å². The highest BCUT2D eigenvalue weighted by Crippen LogP contribution is 2.23. The molecular formula is C17H28IN3O2S2. The average Bonchev–Trinajstić information content (AvgIpc) is 2.55. The monoisotopic (exact) mass is 497 g/mol. The minimum Gasteiger partial charge on any atom is -0.370 e. The number of guanidine groups is 1. The number of aliphatic imine (C=N–C) groups is 1. The van der Waals surface area contributed by atoms with Crippen LogP contribution in [0.2, 0.25) is 0 Å². The van der Waals surface area contributed by atoms with Gasteiger partial charge >= 0.3 is 0 Å². The molecule has 2 rings (SSSR count). The second kappa shape index (κ2) is 9.45. The summed E-state index contributed by atoms with van der Waals surface area (Å²) in [6.45, 7) is 8.26. The van der Waals surface area contributed by atoms with Gasteiger partial charge < -0.3 is 10.6 Å². The van der Waals surface area contributed by atoms with E-state index in [0.717, 1.165) is 30.2 Å². The number of halogens is 1. The molecule has 0 saturated carbocycles. The van der Waals surface area contributed by atoms with Gasteiger partial charge in [-0.1, -0.05) is 32.9 Å². The Morgan fingerprint density at radius 2 is 1.76 bits per heavy atom. The summed E-state index contributed by atoms with van der Waals surface area (Å²) in [5, 5.41) is 0. The fourth-order valence-corrected chi connectivity index (χ4v) is 4.47. The first-order valence-electron chi connectivity index (χ1n) is 8.16. The third-order valence-corrected chi connectivity index (χ3v) is 6.70. The molecule has 1 fully saturated rings. The van der Waals surface area contributed by atoms with Crippen LogP contribution in [0, 0.1) is 0 Å². The van der Waals surface area contributed by atoms with Crippen molar-refractivity contribution < 1.29 is 8.42 Å². The Hall–Kier alpha value is -0.480. The largest absolute Gasteiger partial charge is 0.370 e. The molecule has 0 unspecified atom stereocenters.